The Morgan fingerprint density at radius 1 is 0.923 bits per heavy atom. The quantitative estimate of drug-likeness (QED) is 0.695. The third kappa shape index (κ3) is 3.61. The maximum Gasteiger partial charge on any atom is 0.267 e. The second-order valence-corrected chi connectivity index (χ2v) is 7.52. The van der Waals surface area contributed by atoms with Crippen molar-refractivity contribution in [3.63, 3.8) is 0 Å². The van der Waals surface area contributed by atoms with Crippen LogP contribution in [0.15, 0.2) is 53.4 Å². The monoisotopic (exact) mass is 365 g/mol. The third-order valence-electron chi connectivity index (χ3n) is 4.59. The molecule has 0 bridgehead atoms. The predicted molar refractivity (Wildman–Crippen MR) is 108 cm³/mol. The van der Waals surface area contributed by atoms with E-state index in [4.69, 9.17) is 0 Å². The highest BCUT2D eigenvalue weighted by molar-refractivity contribution is 8.03. The Balaban J connectivity index is 1.99. The number of aryl methyl sites for hydroxylation is 2. The van der Waals surface area contributed by atoms with E-state index >= 15 is 0 Å². The first kappa shape index (κ1) is 18.5. The minimum absolute atomic E-state index is 0.161. The van der Waals surface area contributed by atoms with Crippen molar-refractivity contribution in [1.29, 1.82) is 0 Å². The van der Waals surface area contributed by atoms with Gasteiger partial charge in [0.15, 0.2) is 0 Å². The lowest BCUT2D eigenvalue weighted by Gasteiger charge is -2.13. The molecule has 0 N–H and O–H groups in total. The molecule has 1 aliphatic heterocycles. The highest BCUT2D eigenvalue weighted by atomic mass is 32.2. The van der Waals surface area contributed by atoms with Gasteiger partial charge in [-0.15, -0.1) is 11.8 Å². The molecule has 0 atom stereocenters. The number of hydrogen-bond acceptors (Lipinski definition) is 3. The molecule has 0 unspecified atom stereocenters. The first-order valence-electron chi connectivity index (χ1n) is 8.87. The molecule has 0 aliphatic carbocycles. The summed E-state index contributed by atoms with van der Waals surface area (Å²) in [5.74, 6) is 0.338. The molecule has 2 amide bonds. The van der Waals surface area contributed by atoms with Gasteiger partial charge in [0.25, 0.3) is 11.8 Å². The topological polar surface area (TPSA) is 37.4 Å². The van der Waals surface area contributed by atoms with Gasteiger partial charge in [-0.25, -0.2) is 0 Å². The van der Waals surface area contributed by atoms with Crippen LogP contribution in [-0.2, 0) is 15.3 Å². The molecule has 0 fully saturated rings. The largest absolute Gasteiger partial charge is 0.274 e. The number of rotatable bonds is 6. The standard InChI is InChI=1S/C22H23NO2S/c1-4-12-23-21(24)19(18-11-10-15(2)16(3)13-18)20(22(23)25)26-14-17-8-6-5-7-9-17/h5-11,13H,4,12,14H2,1-3H3. The van der Waals surface area contributed by atoms with Crippen molar-refractivity contribution in [2.24, 2.45) is 0 Å². The minimum Gasteiger partial charge on any atom is -0.274 e. The van der Waals surface area contributed by atoms with Gasteiger partial charge in [0.05, 0.1) is 10.5 Å². The number of carbonyl (C=O) groups excluding carboxylic acids is 2. The Kier molecular flexibility index (Phi) is 5.62. The van der Waals surface area contributed by atoms with Gasteiger partial charge in [0.1, 0.15) is 0 Å². The van der Waals surface area contributed by atoms with Crippen molar-refractivity contribution in [3.05, 3.63) is 75.7 Å². The van der Waals surface area contributed by atoms with E-state index in [0.29, 0.717) is 22.8 Å². The highest BCUT2D eigenvalue weighted by Crippen LogP contribution is 2.38. The zero-order valence-electron chi connectivity index (χ0n) is 15.4. The van der Waals surface area contributed by atoms with E-state index in [-0.39, 0.29) is 11.8 Å². The van der Waals surface area contributed by atoms with Crippen LogP contribution in [-0.4, -0.2) is 23.3 Å². The van der Waals surface area contributed by atoms with Gasteiger partial charge < -0.3 is 0 Å². The highest BCUT2D eigenvalue weighted by Gasteiger charge is 2.38. The molecular formula is C22H23NO2S. The van der Waals surface area contributed by atoms with Crippen molar-refractivity contribution in [1.82, 2.24) is 4.90 Å². The van der Waals surface area contributed by atoms with Gasteiger partial charge in [-0.1, -0.05) is 55.5 Å². The zero-order chi connectivity index (χ0) is 18.7. The van der Waals surface area contributed by atoms with Gasteiger partial charge in [0.2, 0.25) is 0 Å². The van der Waals surface area contributed by atoms with Crippen molar-refractivity contribution in [2.75, 3.05) is 6.54 Å². The molecule has 3 nitrogen and oxygen atoms in total. The molecule has 0 saturated carbocycles. The normalized spacial score (nSPS) is 14.5. The first-order chi connectivity index (χ1) is 12.5. The second-order valence-electron chi connectivity index (χ2n) is 6.54. The zero-order valence-corrected chi connectivity index (χ0v) is 16.2. The Labute approximate surface area is 159 Å². The fraction of sp³-hybridized carbons (Fsp3) is 0.273. The van der Waals surface area contributed by atoms with E-state index < -0.39 is 0 Å². The fourth-order valence-corrected chi connectivity index (χ4v) is 4.08. The maximum atomic E-state index is 13.0. The summed E-state index contributed by atoms with van der Waals surface area (Å²) in [6, 6.07) is 16.0. The molecule has 134 valence electrons. The van der Waals surface area contributed by atoms with Crippen LogP contribution in [0.25, 0.3) is 5.57 Å². The van der Waals surface area contributed by atoms with E-state index in [2.05, 4.69) is 0 Å². The number of imide groups is 1. The molecule has 0 spiro atoms. The smallest absolute Gasteiger partial charge is 0.267 e. The second kappa shape index (κ2) is 7.92. The maximum absolute atomic E-state index is 13.0. The van der Waals surface area contributed by atoms with E-state index in [0.717, 1.165) is 23.1 Å². The Morgan fingerprint density at radius 3 is 2.31 bits per heavy atom. The predicted octanol–water partition coefficient (Wildman–Crippen LogP) is 4.73. The average Bonchev–Trinajstić information content (AvgIpc) is 2.88. The summed E-state index contributed by atoms with van der Waals surface area (Å²) in [5, 5.41) is 0. The van der Waals surface area contributed by atoms with E-state index in [1.807, 2.05) is 69.3 Å². The average molecular weight is 365 g/mol. The molecule has 0 radical (unpaired) electrons. The molecule has 2 aromatic carbocycles. The molecule has 4 heteroatoms. The first-order valence-corrected chi connectivity index (χ1v) is 9.86. The van der Waals surface area contributed by atoms with Gasteiger partial charge in [-0.2, -0.15) is 0 Å². The van der Waals surface area contributed by atoms with Crippen LogP contribution in [0, 0.1) is 13.8 Å². The minimum atomic E-state index is -0.171. The van der Waals surface area contributed by atoms with Gasteiger partial charge >= 0.3 is 0 Å². The number of amides is 2. The van der Waals surface area contributed by atoms with E-state index in [1.165, 1.54) is 22.2 Å². The molecule has 0 saturated heterocycles. The van der Waals surface area contributed by atoms with Crippen molar-refractivity contribution >= 4 is 29.1 Å². The summed E-state index contributed by atoms with van der Waals surface area (Å²) in [4.78, 5) is 27.8. The number of hydrogen-bond donors (Lipinski definition) is 0. The Bertz CT molecular complexity index is 871. The molecular weight excluding hydrogens is 342 g/mol. The Morgan fingerprint density at radius 2 is 1.65 bits per heavy atom. The summed E-state index contributed by atoms with van der Waals surface area (Å²) in [5.41, 5.74) is 4.82. The summed E-state index contributed by atoms with van der Waals surface area (Å²) in [7, 11) is 0. The third-order valence-corrected chi connectivity index (χ3v) is 5.74. The molecule has 3 rings (SSSR count). The van der Waals surface area contributed by atoms with Crippen molar-refractivity contribution in [2.45, 2.75) is 32.9 Å². The number of thioether (sulfide) groups is 1. The van der Waals surface area contributed by atoms with Crippen LogP contribution < -0.4 is 0 Å². The lowest BCUT2D eigenvalue weighted by molar-refractivity contribution is -0.136. The van der Waals surface area contributed by atoms with Crippen molar-refractivity contribution < 1.29 is 9.59 Å². The van der Waals surface area contributed by atoms with Crippen LogP contribution in [0.1, 0.15) is 35.6 Å². The molecule has 0 aromatic heterocycles. The lowest BCUT2D eigenvalue weighted by Crippen LogP contribution is -2.32. The number of benzene rings is 2. The van der Waals surface area contributed by atoms with Crippen LogP contribution in [0.4, 0.5) is 0 Å². The summed E-state index contributed by atoms with van der Waals surface area (Å²) < 4.78 is 0. The van der Waals surface area contributed by atoms with Crippen LogP contribution >= 0.6 is 11.8 Å². The van der Waals surface area contributed by atoms with Gasteiger partial charge in [0, 0.05) is 12.3 Å². The van der Waals surface area contributed by atoms with Gasteiger partial charge in [-0.05, 0) is 42.5 Å². The summed E-state index contributed by atoms with van der Waals surface area (Å²) >= 11 is 1.46. The van der Waals surface area contributed by atoms with Crippen LogP contribution in [0.3, 0.4) is 0 Å². The van der Waals surface area contributed by atoms with E-state index in [1.54, 1.807) is 0 Å². The van der Waals surface area contributed by atoms with Crippen LogP contribution in [0.5, 0.6) is 0 Å². The molecule has 1 aliphatic rings. The lowest BCUT2D eigenvalue weighted by atomic mass is 10.0. The summed E-state index contributed by atoms with van der Waals surface area (Å²) in [6.45, 7) is 6.51. The molecule has 26 heavy (non-hydrogen) atoms. The number of carbonyl (C=O) groups is 2. The summed E-state index contributed by atoms with van der Waals surface area (Å²) in [6.07, 6.45) is 0.758. The van der Waals surface area contributed by atoms with Gasteiger partial charge in [-0.3, -0.25) is 14.5 Å². The Hall–Kier alpha value is -2.33. The fourth-order valence-electron chi connectivity index (χ4n) is 3.00. The molecule has 2 aromatic rings. The van der Waals surface area contributed by atoms with E-state index in [9.17, 15) is 9.59 Å². The molecule has 1 heterocycles. The van der Waals surface area contributed by atoms with Crippen LogP contribution in [0.2, 0.25) is 0 Å². The number of nitrogens with zero attached hydrogens (tertiary/aromatic N) is 1. The van der Waals surface area contributed by atoms with Crippen molar-refractivity contribution in [3.8, 4) is 0 Å². The SMILES string of the molecule is CCCN1C(=O)C(SCc2ccccc2)=C(c2ccc(C)c(C)c2)C1=O.